The summed E-state index contributed by atoms with van der Waals surface area (Å²) in [4.78, 5) is 10.6. The lowest BCUT2D eigenvalue weighted by Gasteiger charge is -2.36. The average molecular weight is 343 g/mol. The van der Waals surface area contributed by atoms with Gasteiger partial charge in [-0.15, -0.1) is 5.16 Å². The van der Waals surface area contributed by atoms with Crippen molar-refractivity contribution in [2.24, 2.45) is 16.5 Å². The van der Waals surface area contributed by atoms with Gasteiger partial charge in [-0.05, 0) is 50.2 Å². The second-order valence-electron chi connectivity index (χ2n) is 7.22. The van der Waals surface area contributed by atoms with Crippen LogP contribution >= 0.6 is 0 Å². The predicted octanol–water partition coefficient (Wildman–Crippen LogP) is 5.29. The molecule has 136 valence electrons. The SMILES string of the molecule is CC(C=CC1=C(C)C(C=NO)CCC1(C)C)=CC=CC(C)=CC(=O)O. The lowest BCUT2D eigenvalue weighted by molar-refractivity contribution is -0.131. The van der Waals surface area contributed by atoms with E-state index < -0.39 is 5.97 Å². The van der Waals surface area contributed by atoms with Gasteiger partial charge in [0.15, 0.2) is 0 Å². The molecule has 1 rings (SSSR count). The minimum absolute atomic E-state index is 0.0946. The summed E-state index contributed by atoms with van der Waals surface area (Å²) in [6, 6.07) is 0. The highest BCUT2D eigenvalue weighted by Gasteiger charge is 2.31. The maximum Gasteiger partial charge on any atom is 0.328 e. The van der Waals surface area contributed by atoms with Gasteiger partial charge < -0.3 is 10.3 Å². The molecule has 0 radical (unpaired) electrons. The number of allylic oxidation sites excluding steroid dienone is 9. The maximum atomic E-state index is 10.6. The summed E-state index contributed by atoms with van der Waals surface area (Å²) in [6.07, 6.45) is 14.6. The van der Waals surface area contributed by atoms with E-state index in [4.69, 9.17) is 10.3 Å². The fourth-order valence-electron chi connectivity index (χ4n) is 3.09. The largest absolute Gasteiger partial charge is 0.478 e. The molecule has 0 saturated carbocycles. The summed E-state index contributed by atoms with van der Waals surface area (Å²) in [7, 11) is 0. The average Bonchev–Trinajstić information content (AvgIpc) is 2.49. The van der Waals surface area contributed by atoms with Gasteiger partial charge in [0.2, 0.25) is 0 Å². The van der Waals surface area contributed by atoms with Crippen molar-refractivity contribution in [2.75, 3.05) is 0 Å². The monoisotopic (exact) mass is 343 g/mol. The van der Waals surface area contributed by atoms with Gasteiger partial charge in [0.1, 0.15) is 0 Å². The molecule has 0 aromatic carbocycles. The number of aliphatic carboxylic acids is 1. The van der Waals surface area contributed by atoms with E-state index in [0.717, 1.165) is 18.4 Å². The third-order valence-electron chi connectivity index (χ3n) is 4.62. The molecule has 0 spiro atoms. The molecule has 1 unspecified atom stereocenters. The summed E-state index contributed by atoms with van der Waals surface area (Å²) in [5.74, 6) is -0.753. The Kier molecular flexibility index (Phi) is 7.62. The van der Waals surface area contributed by atoms with E-state index in [1.165, 1.54) is 17.2 Å². The van der Waals surface area contributed by atoms with E-state index in [1.807, 2.05) is 19.1 Å². The van der Waals surface area contributed by atoms with E-state index in [0.29, 0.717) is 5.57 Å². The first kappa shape index (κ1) is 20.7. The number of rotatable bonds is 6. The number of carbonyl (C=O) groups is 1. The molecular formula is C21H29NO3. The van der Waals surface area contributed by atoms with Crippen molar-refractivity contribution in [3.05, 3.63) is 58.7 Å². The predicted molar refractivity (Wildman–Crippen MR) is 103 cm³/mol. The third kappa shape index (κ3) is 6.57. The molecular weight excluding hydrogens is 314 g/mol. The number of hydrogen-bond donors (Lipinski definition) is 2. The summed E-state index contributed by atoms with van der Waals surface area (Å²) in [5, 5.41) is 20.7. The molecule has 2 N–H and O–H groups in total. The third-order valence-corrected chi connectivity index (χ3v) is 4.62. The molecule has 0 amide bonds. The van der Waals surface area contributed by atoms with Crippen molar-refractivity contribution in [3.63, 3.8) is 0 Å². The van der Waals surface area contributed by atoms with Crippen LogP contribution in [0.5, 0.6) is 0 Å². The zero-order valence-electron chi connectivity index (χ0n) is 15.8. The summed E-state index contributed by atoms with van der Waals surface area (Å²) in [5.41, 5.74) is 4.39. The number of oxime groups is 1. The molecule has 0 bridgehead atoms. The fourth-order valence-corrected chi connectivity index (χ4v) is 3.09. The number of carboxylic acids is 1. The van der Waals surface area contributed by atoms with Gasteiger partial charge in [0, 0.05) is 12.0 Å². The van der Waals surface area contributed by atoms with Gasteiger partial charge in [0.05, 0.1) is 6.21 Å². The Hall–Kier alpha value is -2.36. The van der Waals surface area contributed by atoms with Gasteiger partial charge in [-0.3, -0.25) is 0 Å². The zero-order valence-corrected chi connectivity index (χ0v) is 15.8. The first-order valence-electron chi connectivity index (χ1n) is 8.50. The summed E-state index contributed by atoms with van der Waals surface area (Å²) < 4.78 is 0. The standard InChI is InChI=1S/C21H29NO3/c1-15(7-6-8-16(2)13-20(23)24)9-10-19-17(3)18(14-22-25)11-12-21(19,4)5/h6-10,13-14,18,25H,11-12H2,1-5H3,(H,23,24). The normalized spacial score (nSPS) is 22.5. The van der Waals surface area contributed by atoms with Crippen LogP contribution in [0.3, 0.4) is 0 Å². The van der Waals surface area contributed by atoms with Crippen LogP contribution in [0.1, 0.15) is 47.5 Å². The van der Waals surface area contributed by atoms with Crippen molar-refractivity contribution in [2.45, 2.75) is 47.5 Å². The minimum atomic E-state index is -0.939. The Morgan fingerprint density at radius 3 is 2.52 bits per heavy atom. The van der Waals surface area contributed by atoms with Crippen LogP contribution in [0.2, 0.25) is 0 Å². The van der Waals surface area contributed by atoms with Crippen LogP contribution < -0.4 is 0 Å². The molecule has 0 heterocycles. The quantitative estimate of drug-likeness (QED) is 0.226. The van der Waals surface area contributed by atoms with E-state index in [-0.39, 0.29) is 11.3 Å². The van der Waals surface area contributed by atoms with E-state index in [2.05, 4.69) is 38.1 Å². The number of carboxylic acid groups (broad SMARTS) is 1. The van der Waals surface area contributed by atoms with Gasteiger partial charge in [-0.25, -0.2) is 4.79 Å². The first-order valence-corrected chi connectivity index (χ1v) is 8.50. The van der Waals surface area contributed by atoms with Crippen LogP contribution in [0.15, 0.2) is 63.9 Å². The molecule has 1 atom stereocenters. The van der Waals surface area contributed by atoms with Crippen LogP contribution in [0.4, 0.5) is 0 Å². The van der Waals surface area contributed by atoms with Gasteiger partial charge in [-0.2, -0.15) is 0 Å². The Bertz CT molecular complexity index is 673. The lowest BCUT2D eigenvalue weighted by Crippen LogP contribution is -2.25. The molecule has 4 nitrogen and oxygen atoms in total. The molecule has 1 aliphatic carbocycles. The van der Waals surface area contributed by atoms with Crippen molar-refractivity contribution in [1.29, 1.82) is 0 Å². The van der Waals surface area contributed by atoms with Crippen molar-refractivity contribution in [3.8, 4) is 0 Å². The highest BCUT2D eigenvalue weighted by atomic mass is 16.4. The van der Waals surface area contributed by atoms with Crippen LogP contribution in [0.25, 0.3) is 0 Å². The molecule has 0 fully saturated rings. The molecule has 0 aromatic heterocycles. The second kappa shape index (κ2) is 9.21. The van der Waals surface area contributed by atoms with Crippen LogP contribution in [0, 0.1) is 11.3 Å². The fraction of sp³-hybridized carbons (Fsp3) is 0.429. The van der Waals surface area contributed by atoms with Crippen LogP contribution in [-0.4, -0.2) is 22.5 Å². The first-order chi connectivity index (χ1) is 11.7. The number of hydrogen-bond acceptors (Lipinski definition) is 3. The molecule has 0 aliphatic heterocycles. The second-order valence-corrected chi connectivity index (χ2v) is 7.22. The van der Waals surface area contributed by atoms with E-state index in [9.17, 15) is 4.79 Å². The lowest BCUT2D eigenvalue weighted by atomic mass is 9.69. The number of nitrogens with zero attached hydrogens (tertiary/aromatic N) is 1. The van der Waals surface area contributed by atoms with Gasteiger partial charge >= 0.3 is 5.97 Å². The van der Waals surface area contributed by atoms with Crippen molar-refractivity contribution in [1.82, 2.24) is 0 Å². The zero-order chi connectivity index (χ0) is 19.0. The van der Waals surface area contributed by atoms with Crippen LogP contribution in [-0.2, 0) is 4.79 Å². The smallest absolute Gasteiger partial charge is 0.328 e. The van der Waals surface area contributed by atoms with E-state index in [1.54, 1.807) is 19.2 Å². The van der Waals surface area contributed by atoms with Crippen molar-refractivity contribution < 1.29 is 15.1 Å². The highest BCUT2D eigenvalue weighted by molar-refractivity contribution is 5.81. The Balaban J connectivity index is 2.97. The topological polar surface area (TPSA) is 69.9 Å². The Labute approximate surface area is 150 Å². The van der Waals surface area contributed by atoms with Gasteiger partial charge in [-0.1, -0.05) is 55.4 Å². The van der Waals surface area contributed by atoms with E-state index >= 15 is 0 Å². The Morgan fingerprint density at radius 2 is 1.92 bits per heavy atom. The molecule has 4 heteroatoms. The molecule has 1 aliphatic rings. The van der Waals surface area contributed by atoms with Crippen molar-refractivity contribution >= 4 is 12.2 Å². The summed E-state index contributed by atoms with van der Waals surface area (Å²) >= 11 is 0. The highest BCUT2D eigenvalue weighted by Crippen LogP contribution is 2.43. The van der Waals surface area contributed by atoms with Gasteiger partial charge in [0.25, 0.3) is 0 Å². The molecule has 25 heavy (non-hydrogen) atoms. The Morgan fingerprint density at radius 1 is 1.24 bits per heavy atom. The maximum absolute atomic E-state index is 10.6. The molecule has 0 aromatic rings. The minimum Gasteiger partial charge on any atom is -0.478 e. The molecule has 0 saturated heterocycles. The summed E-state index contributed by atoms with van der Waals surface area (Å²) in [6.45, 7) is 10.3.